The summed E-state index contributed by atoms with van der Waals surface area (Å²) in [5.74, 6) is -1.20. The Kier molecular flexibility index (Phi) is 4.14. The molecule has 0 aliphatic heterocycles. The molecular formula is C10H17FO5S. The number of carbonyl (C=O) groups excluding carboxylic acids is 1. The molecule has 0 aromatic rings. The third kappa shape index (κ3) is 2.77. The summed E-state index contributed by atoms with van der Waals surface area (Å²) in [6.45, 7) is 1.50. The standard InChI is InChI=1S/C10H17FO5S/c1-3-16-9(12)8(11)10(13)6-4-5-7(10)17(2,14)15/h7-8,13H,3-6H2,1-2H3. The smallest absolute Gasteiger partial charge is 0.343 e. The number of halogens is 1. The maximum Gasteiger partial charge on any atom is 0.343 e. The number of alkyl halides is 1. The second kappa shape index (κ2) is 4.89. The highest BCUT2D eigenvalue weighted by atomic mass is 32.2. The van der Waals surface area contributed by atoms with Gasteiger partial charge in [0.05, 0.1) is 11.9 Å². The van der Waals surface area contributed by atoms with Gasteiger partial charge in [-0.25, -0.2) is 17.6 Å². The Morgan fingerprint density at radius 1 is 1.65 bits per heavy atom. The molecule has 0 aromatic heterocycles. The first-order chi connectivity index (χ1) is 7.73. The molecule has 0 amide bonds. The van der Waals surface area contributed by atoms with Crippen LogP contribution in [0.1, 0.15) is 26.2 Å². The fourth-order valence-corrected chi connectivity index (χ4v) is 3.85. The lowest BCUT2D eigenvalue weighted by atomic mass is 9.95. The molecule has 0 saturated heterocycles. The van der Waals surface area contributed by atoms with E-state index in [1.54, 1.807) is 0 Å². The van der Waals surface area contributed by atoms with Crippen molar-refractivity contribution in [2.75, 3.05) is 12.9 Å². The van der Waals surface area contributed by atoms with Gasteiger partial charge < -0.3 is 9.84 Å². The molecule has 0 heterocycles. The van der Waals surface area contributed by atoms with Crippen LogP contribution in [0.25, 0.3) is 0 Å². The van der Waals surface area contributed by atoms with Gasteiger partial charge in [0.15, 0.2) is 9.84 Å². The molecule has 3 unspecified atom stereocenters. The van der Waals surface area contributed by atoms with Crippen LogP contribution in [-0.4, -0.2) is 49.4 Å². The normalized spacial score (nSPS) is 31.2. The number of hydrogen-bond acceptors (Lipinski definition) is 5. The molecule has 3 atom stereocenters. The van der Waals surface area contributed by atoms with E-state index in [0.29, 0.717) is 6.42 Å². The van der Waals surface area contributed by atoms with Crippen LogP contribution in [0.5, 0.6) is 0 Å². The molecule has 7 heteroatoms. The van der Waals surface area contributed by atoms with Gasteiger partial charge in [-0.3, -0.25) is 0 Å². The molecule has 1 N–H and O–H groups in total. The van der Waals surface area contributed by atoms with Crippen LogP contribution >= 0.6 is 0 Å². The van der Waals surface area contributed by atoms with Crippen molar-refractivity contribution < 1.29 is 27.4 Å². The molecule has 1 aliphatic carbocycles. The van der Waals surface area contributed by atoms with Crippen molar-refractivity contribution in [2.24, 2.45) is 0 Å². The van der Waals surface area contributed by atoms with Crippen LogP contribution in [0.4, 0.5) is 4.39 Å². The average molecular weight is 268 g/mol. The highest BCUT2D eigenvalue weighted by Gasteiger charge is 2.55. The predicted molar refractivity (Wildman–Crippen MR) is 59.0 cm³/mol. The van der Waals surface area contributed by atoms with E-state index in [2.05, 4.69) is 4.74 Å². The zero-order valence-corrected chi connectivity index (χ0v) is 10.7. The summed E-state index contributed by atoms with van der Waals surface area (Å²) in [5.41, 5.74) is -2.15. The van der Waals surface area contributed by atoms with E-state index in [1.807, 2.05) is 0 Å². The number of rotatable bonds is 4. The Hall–Kier alpha value is -0.690. The van der Waals surface area contributed by atoms with Gasteiger partial charge in [-0.2, -0.15) is 0 Å². The maximum absolute atomic E-state index is 13.9. The highest BCUT2D eigenvalue weighted by Crippen LogP contribution is 2.38. The van der Waals surface area contributed by atoms with Gasteiger partial charge in [-0.1, -0.05) is 0 Å². The second-order valence-electron chi connectivity index (χ2n) is 4.32. The van der Waals surface area contributed by atoms with Gasteiger partial charge in [0.25, 0.3) is 0 Å². The zero-order chi connectivity index (χ0) is 13.3. The molecule has 100 valence electrons. The Bertz CT molecular complexity index is 394. The van der Waals surface area contributed by atoms with Gasteiger partial charge >= 0.3 is 5.97 Å². The largest absolute Gasteiger partial charge is 0.464 e. The van der Waals surface area contributed by atoms with E-state index in [1.165, 1.54) is 6.92 Å². The summed E-state index contributed by atoms with van der Waals surface area (Å²) < 4.78 is 41.2. The summed E-state index contributed by atoms with van der Waals surface area (Å²) in [4.78, 5) is 11.3. The first-order valence-corrected chi connectivity index (χ1v) is 7.41. The summed E-state index contributed by atoms with van der Waals surface area (Å²) in [7, 11) is -3.60. The van der Waals surface area contributed by atoms with Crippen LogP contribution in [-0.2, 0) is 19.4 Å². The summed E-state index contributed by atoms with van der Waals surface area (Å²) >= 11 is 0. The fraction of sp³-hybridized carbons (Fsp3) is 0.900. The molecule has 0 spiro atoms. The third-order valence-corrected chi connectivity index (χ3v) is 4.73. The van der Waals surface area contributed by atoms with Gasteiger partial charge in [-0.05, 0) is 26.2 Å². The summed E-state index contributed by atoms with van der Waals surface area (Å²) in [6, 6.07) is 0. The molecule has 17 heavy (non-hydrogen) atoms. The lowest BCUT2D eigenvalue weighted by Crippen LogP contribution is -2.53. The first kappa shape index (κ1) is 14.4. The SMILES string of the molecule is CCOC(=O)C(F)C1(O)CCCC1S(C)(=O)=O. The van der Waals surface area contributed by atoms with E-state index in [0.717, 1.165) is 6.26 Å². The van der Waals surface area contributed by atoms with Crippen LogP contribution in [0.15, 0.2) is 0 Å². The molecule has 1 aliphatic rings. The average Bonchev–Trinajstić information content (AvgIpc) is 2.60. The topological polar surface area (TPSA) is 80.7 Å². The molecule has 1 saturated carbocycles. The molecule has 5 nitrogen and oxygen atoms in total. The second-order valence-corrected chi connectivity index (χ2v) is 6.54. The monoisotopic (exact) mass is 268 g/mol. The highest BCUT2D eigenvalue weighted by molar-refractivity contribution is 7.91. The Morgan fingerprint density at radius 3 is 2.71 bits per heavy atom. The van der Waals surface area contributed by atoms with Crippen molar-refractivity contribution in [1.82, 2.24) is 0 Å². The number of esters is 1. The summed E-state index contributed by atoms with van der Waals surface area (Å²) in [5, 5.41) is 8.86. The molecule has 0 bridgehead atoms. The first-order valence-electron chi connectivity index (χ1n) is 5.45. The van der Waals surface area contributed by atoms with Crippen molar-refractivity contribution in [3.8, 4) is 0 Å². The van der Waals surface area contributed by atoms with Crippen molar-refractivity contribution in [1.29, 1.82) is 0 Å². The van der Waals surface area contributed by atoms with E-state index < -0.39 is 32.8 Å². The van der Waals surface area contributed by atoms with Gasteiger partial charge in [0.1, 0.15) is 5.60 Å². The molecule has 0 aromatic carbocycles. The van der Waals surface area contributed by atoms with Gasteiger partial charge in [0.2, 0.25) is 6.17 Å². The van der Waals surface area contributed by atoms with Crippen LogP contribution in [0.2, 0.25) is 0 Å². The van der Waals surface area contributed by atoms with E-state index in [-0.39, 0.29) is 19.4 Å². The molecule has 0 radical (unpaired) electrons. The quantitative estimate of drug-likeness (QED) is 0.737. The van der Waals surface area contributed by atoms with Crippen LogP contribution in [0.3, 0.4) is 0 Å². The van der Waals surface area contributed by atoms with E-state index >= 15 is 0 Å². The van der Waals surface area contributed by atoms with E-state index in [4.69, 9.17) is 0 Å². The van der Waals surface area contributed by atoms with Gasteiger partial charge in [-0.15, -0.1) is 0 Å². The Labute approximate surface area is 99.9 Å². The summed E-state index contributed by atoms with van der Waals surface area (Å²) in [6.07, 6.45) is -0.899. The molecule has 1 rings (SSSR count). The number of ether oxygens (including phenoxy) is 1. The molecule has 1 fully saturated rings. The lowest BCUT2D eigenvalue weighted by Gasteiger charge is -2.30. The predicted octanol–water partition coefficient (Wildman–Crippen LogP) is 0.216. The number of sulfone groups is 1. The van der Waals surface area contributed by atoms with Crippen LogP contribution < -0.4 is 0 Å². The number of hydrogen-bond donors (Lipinski definition) is 1. The van der Waals surface area contributed by atoms with Crippen molar-refractivity contribution in [2.45, 2.75) is 43.2 Å². The van der Waals surface area contributed by atoms with Crippen molar-refractivity contribution in [3.63, 3.8) is 0 Å². The van der Waals surface area contributed by atoms with Crippen molar-refractivity contribution in [3.05, 3.63) is 0 Å². The Balaban J connectivity index is 2.96. The van der Waals surface area contributed by atoms with Gasteiger partial charge in [0, 0.05) is 6.26 Å². The zero-order valence-electron chi connectivity index (χ0n) is 9.85. The van der Waals surface area contributed by atoms with E-state index in [9.17, 15) is 22.7 Å². The molecular weight excluding hydrogens is 251 g/mol. The Morgan fingerprint density at radius 2 is 2.24 bits per heavy atom. The maximum atomic E-state index is 13.9. The minimum atomic E-state index is -3.60. The fourth-order valence-electron chi connectivity index (χ4n) is 2.28. The minimum absolute atomic E-state index is 0.0150. The lowest BCUT2D eigenvalue weighted by molar-refractivity contribution is -0.159. The minimum Gasteiger partial charge on any atom is -0.464 e. The third-order valence-electron chi connectivity index (χ3n) is 3.05. The number of carbonyl (C=O) groups is 1. The van der Waals surface area contributed by atoms with Crippen molar-refractivity contribution >= 4 is 15.8 Å². The number of aliphatic hydroxyl groups is 1. The van der Waals surface area contributed by atoms with Crippen LogP contribution in [0, 0.1) is 0 Å².